The number of nitrogen functional groups attached to an aromatic ring is 1. The molecule has 0 saturated heterocycles. The first-order chi connectivity index (χ1) is 7.50. The molecule has 3 nitrogen and oxygen atoms in total. The van der Waals surface area contributed by atoms with E-state index in [4.69, 9.17) is 5.73 Å². The minimum atomic E-state index is -0.424. The maximum atomic E-state index is 13.4. The number of rotatable bonds is 2. The van der Waals surface area contributed by atoms with Crippen LogP contribution in [0.5, 0.6) is 0 Å². The maximum Gasteiger partial charge on any atom is 0.254 e. The SMILES string of the molecule is Cc1c(N)cc(C(=O)N(C)C2CC2)cc1F. The van der Waals surface area contributed by atoms with Gasteiger partial charge >= 0.3 is 0 Å². The van der Waals surface area contributed by atoms with E-state index >= 15 is 0 Å². The summed E-state index contributed by atoms with van der Waals surface area (Å²) in [4.78, 5) is 13.6. The average molecular weight is 222 g/mol. The second kappa shape index (κ2) is 3.77. The molecule has 16 heavy (non-hydrogen) atoms. The van der Waals surface area contributed by atoms with Gasteiger partial charge < -0.3 is 10.6 Å². The number of carbonyl (C=O) groups excluding carboxylic acids is 1. The van der Waals surface area contributed by atoms with Gasteiger partial charge in [-0.1, -0.05) is 0 Å². The van der Waals surface area contributed by atoms with Crippen molar-refractivity contribution in [3.8, 4) is 0 Å². The molecule has 0 aromatic heterocycles. The molecule has 1 saturated carbocycles. The van der Waals surface area contributed by atoms with Crippen LogP contribution < -0.4 is 5.73 Å². The Balaban J connectivity index is 2.29. The van der Waals surface area contributed by atoms with Gasteiger partial charge in [-0.25, -0.2) is 4.39 Å². The fourth-order valence-corrected chi connectivity index (χ4v) is 1.65. The van der Waals surface area contributed by atoms with Crippen molar-refractivity contribution >= 4 is 11.6 Å². The molecule has 2 rings (SSSR count). The summed E-state index contributed by atoms with van der Waals surface area (Å²) in [6.45, 7) is 1.60. The van der Waals surface area contributed by atoms with Gasteiger partial charge in [0.25, 0.3) is 5.91 Å². The van der Waals surface area contributed by atoms with E-state index in [1.54, 1.807) is 24.9 Å². The Hall–Kier alpha value is -1.58. The molecular formula is C12H15FN2O. The molecular weight excluding hydrogens is 207 g/mol. The van der Waals surface area contributed by atoms with Crippen LogP contribution in [0.15, 0.2) is 12.1 Å². The molecule has 1 aliphatic carbocycles. The topological polar surface area (TPSA) is 46.3 Å². The molecule has 0 spiro atoms. The third kappa shape index (κ3) is 1.87. The highest BCUT2D eigenvalue weighted by Gasteiger charge is 2.30. The summed E-state index contributed by atoms with van der Waals surface area (Å²) in [5.74, 6) is -0.583. The van der Waals surface area contributed by atoms with Crippen LogP contribution in [-0.4, -0.2) is 23.9 Å². The van der Waals surface area contributed by atoms with E-state index in [1.165, 1.54) is 6.07 Å². The fraction of sp³-hybridized carbons (Fsp3) is 0.417. The van der Waals surface area contributed by atoms with Gasteiger partial charge in [0, 0.05) is 29.9 Å². The molecule has 1 aliphatic rings. The zero-order valence-corrected chi connectivity index (χ0v) is 9.46. The third-order valence-corrected chi connectivity index (χ3v) is 3.05. The molecule has 1 aromatic carbocycles. The predicted octanol–water partition coefficient (Wildman–Crippen LogP) is 1.95. The number of nitrogens with zero attached hydrogens (tertiary/aromatic N) is 1. The summed E-state index contributed by atoms with van der Waals surface area (Å²) in [6, 6.07) is 3.12. The highest BCUT2D eigenvalue weighted by molar-refractivity contribution is 5.95. The van der Waals surface area contributed by atoms with Gasteiger partial charge in [0.05, 0.1) is 0 Å². The first-order valence-electron chi connectivity index (χ1n) is 5.33. The van der Waals surface area contributed by atoms with Crippen LogP contribution in [0.3, 0.4) is 0 Å². The number of nitrogens with two attached hydrogens (primary N) is 1. The smallest absolute Gasteiger partial charge is 0.254 e. The van der Waals surface area contributed by atoms with Crippen LogP contribution in [0.4, 0.5) is 10.1 Å². The van der Waals surface area contributed by atoms with Crippen LogP contribution in [0.25, 0.3) is 0 Å². The van der Waals surface area contributed by atoms with Crippen molar-refractivity contribution in [2.45, 2.75) is 25.8 Å². The number of carbonyl (C=O) groups is 1. The van der Waals surface area contributed by atoms with E-state index in [9.17, 15) is 9.18 Å². The summed E-state index contributed by atoms with van der Waals surface area (Å²) in [5, 5.41) is 0. The number of hydrogen-bond acceptors (Lipinski definition) is 2. The Bertz CT molecular complexity index is 418. The van der Waals surface area contributed by atoms with Crippen LogP contribution in [-0.2, 0) is 0 Å². The minimum absolute atomic E-state index is 0.159. The quantitative estimate of drug-likeness (QED) is 0.777. The monoisotopic (exact) mass is 222 g/mol. The van der Waals surface area contributed by atoms with Crippen molar-refractivity contribution < 1.29 is 9.18 Å². The first kappa shape index (κ1) is 10.9. The summed E-state index contributed by atoms with van der Waals surface area (Å²) >= 11 is 0. The highest BCUT2D eigenvalue weighted by atomic mass is 19.1. The van der Waals surface area contributed by atoms with Crippen LogP contribution in [0, 0.1) is 12.7 Å². The molecule has 1 fully saturated rings. The molecule has 0 aliphatic heterocycles. The number of amides is 1. The Morgan fingerprint density at radius 2 is 2.12 bits per heavy atom. The summed E-state index contributed by atoms with van der Waals surface area (Å²) in [7, 11) is 1.74. The molecule has 0 radical (unpaired) electrons. The second-order valence-electron chi connectivity index (χ2n) is 4.32. The molecule has 1 amide bonds. The largest absolute Gasteiger partial charge is 0.398 e. The van der Waals surface area contributed by atoms with Crippen LogP contribution in [0.1, 0.15) is 28.8 Å². The van der Waals surface area contributed by atoms with Crippen molar-refractivity contribution in [3.63, 3.8) is 0 Å². The Morgan fingerprint density at radius 1 is 1.50 bits per heavy atom. The Labute approximate surface area is 94.0 Å². The van der Waals surface area contributed by atoms with Gasteiger partial charge in [-0.3, -0.25) is 4.79 Å². The standard InChI is InChI=1S/C12H15FN2O/c1-7-10(13)5-8(6-11(7)14)12(16)15(2)9-3-4-9/h5-6,9H,3-4,14H2,1-2H3. The molecule has 4 heteroatoms. The zero-order valence-electron chi connectivity index (χ0n) is 9.46. The van der Waals surface area contributed by atoms with E-state index in [0.717, 1.165) is 12.8 Å². The fourth-order valence-electron chi connectivity index (χ4n) is 1.65. The van der Waals surface area contributed by atoms with Crippen LogP contribution in [0.2, 0.25) is 0 Å². The summed E-state index contributed by atoms with van der Waals surface area (Å²) < 4.78 is 13.4. The highest BCUT2D eigenvalue weighted by Crippen LogP contribution is 2.27. The molecule has 0 heterocycles. The number of benzene rings is 1. The molecule has 0 unspecified atom stereocenters. The van der Waals surface area contributed by atoms with E-state index in [2.05, 4.69) is 0 Å². The average Bonchev–Trinajstić information content (AvgIpc) is 3.06. The number of hydrogen-bond donors (Lipinski definition) is 1. The Morgan fingerprint density at radius 3 is 2.62 bits per heavy atom. The molecule has 2 N–H and O–H groups in total. The van der Waals surface area contributed by atoms with Crippen molar-refractivity contribution in [2.75, 3.05) is 12.8 Å². The normalized spacial score (nSPS) is 14.9. The lowest BCUT2D eigenvalue weighted by Gasteiger charge is -2.17. The third-order valence-electron chi connectivity index (χ3n) is 3.05. The van der Waals surface area contributed by atoms with Crippen molar-refractivity contribution in [1.82, 2.24) is 4.90 Å². The van der Waals surface area contributed by atoms with Gasteiger partial charge in [-0.15, -0.1) is 0 Å². The molecule has 0 atom stereocenters. The van der Waals surface area contributed by atoms with Gasteiger partial charge in [-0.05, 0) is 31.9 Å². The van der Waals surface area contributed by atoms with E-state index < -0.39 is 5.82 Å². The molecule has 1 aromatic rings. The first-order valence-corrected chi connectivity index (χ1v) is 5.33. The van der Waals surface area contributed by atoms with Gasteiger partial charge in [0.2, 0.25) is 0 Å². The van der Waals surface area contributed by atoms with Crippen molar-refractivity contribution in [2.24, 2.45) is 0 Å². The van der Waals surface area contributed by atoms with Crippen molar-refractivity contribution in [3.05, 3.63) is 29.1 Å². The lowest BCUT2D eigenvalue weighted by Crippen LogP contribution is -2.28. The minimum Gasteiger partial charge on any atom is -0.398 e. The number of halogens is 1. The molecule has 0 bridgehead atoms. The van der Waals surface area contributed by atoms with E-state index in [-0.39, 0.29) is 5.91 Å². The lowest BCUT2D eigenvalue weighted by molar-refractivity contribution is 0.0784. The van der Waals surface area contributed by atoms with Crippen LogP contribution >= 0.6 is 0 Å². The van der Waals surface area contributed by atoms with E-state index in [0.29, 0.717) is 22.9 Å². The van der Waals surface area contributed by atoms with Crippen molar-refractivity contribution in [1.29, 1.82) is 0 Å². The van der Waals surface area contributed by atoms with E-state index in [1.807, 2.05) is 0 Å². The molecule has 86 valence electrons. The van der Waals surface area contributed by atoms with Gasteiger partial charge in [-0.2, -0.15) is 0 Å². The van der Waals surface area contributed by atoms with Gasteiger partial charge in [0.15, 0.2) is 0 Å². The summed E-state index contributed by atoms with van der Waals surface area (Å²) in [6.07, 6.45) is 2.07. The lowest BCUT2D eigenvalue weighted by atomic mass is 10.1. The van der Waals surface area contributed by atoms with Gasteiger partial charge in [0.1, 0.15) is 5.82 Å². The maximum absolute atomic E-state index is 13.4. The Kier molecular flexibility index (Phi) is 2.58. The predicted molar refractivity (Wildman–Crippen MR) is 60.7 cm³/mol. The number of anilines is 1. The zero-order chi connectivity index (χ0) is 11.9. The second-order valence-corrected chi connectivity index (χ2v) is 4.32. The summed E-state index contributed by atoms with van der Waals surface area (Å²) in [5.41, 5.74) is 6.69.